The van der Waals surface area contributed by atoms with Gasteiger partial charge in [-0.3, -0.25) is 9.59 Å². The molecule has 1 aromatic carbocycles. The largest absolute Gasteiger partial charge is 0.376 e. The number of anilines is 1. The van der Waals surface area contributed by atoms with Gasteiger partial charge in [0.2, 0.25) is 11.8 Å². The summed E-state index contributed by atoms with van der Waals surface area (Å²) in [6.45, 7) is 5.28. The van der Waals surface area contributed by atoms with Crippen LogP contribution in [0.5, 0.6) is 0 Å². The molecule has 0 aliphatic carbocycles. The molecule has 1 fully saturated rings. The minimum Gasteiger partial charge on any atom is -0.376 e. The lowest BCUT2D eigenvalue weighted by Gasteiger charge is -2.23. The summed E-state index contributed by atoms with van der Waals surface area (Å²) in [6, 6.07) is 7.67. The smallest absolute Gasteiger partial charge is 0.226 e. The number of aryl methyl sites for hydroxylation is 1. The van der Waals surface area contributed by atoms with E-state index in [-0.39, 0.29) is 17.9 Å². The Labute approximate surface area is 131 Å². The molecule has 2 amide bonds. The van der Waals surface area contributed by atoms with Gasteiger partial charge < -0.3 is 15.0 Å². The van der Waals surface area contributed by atoms with Crippen LogP contribution in [0.4, 0.5) is 5.69 Å². The predicted octanol–water partition coefficient (Wildman–Crippen LogP) is 2.35. The van der Waals surface area contributed by atoms with Crippen LogP contribution >= 0.6 is 0 Å². The van der Waals surface area contributed by atoms with Gasteiger partial charge in [-0.05, 0) is 37.5 Å². The molecule has 5 nitrogen and oxygen atoms in total. The molecule has 1 unspecified atom stereocenters. The summed E-state index contributed by atoms with van der Waals surface area (Å²) in [5, 5.41) is 2.86. The topological polar surface area (TPSA) is 58.6 Å². The maximum absolute atomic E-state index is 12.0. The fourth-order valence-electron chi connectivity index (χ4n) is 2.59. The summed E-state index contributed by atoms with van der Waals surface area (Å²) in [5.74, 6) is -0.0944. The van der Waals surface area contributed by atoms with Crippen molar-refractivity contribution in [1.82, 2.24) is 4.90 Å². The Kier molecular flexibility index (Phi) is 5.95. The summed E-state index contributed by atoms with van der Waals surface area (Å²) < 4.78 is 5.55. The third kappa shape index (κ3) is 5.15. The van der Waals surface area contributed by atoms with E-state index in [9.17, 15) is 9.59 Å². The number of carbonyl (C=O) groups is 2. The first-order valence-corrected chi connectivity index (χ1v) is 7.78. The number of rotatable bonds is 6. The first-order valence-electron chi connectivity index (χ1n) is 7.78. The van der Waals surface area contributed by atoms with E-state index in [1.165, 1.54) is 6.92 Å². The minimum atomic E-state index is -0.0795. The maximum atomic E-state index is 12.0. The average molecular weight is 304 g/mol. The summed E-state index contributed by atoms with van der Waals surface area (Å²) in [6.07, 6.45) is 2.44. The molecule has 1 aliphatic rings. The zero-order valence-corrected chi connectivity index (χ0v) is 13.3. The van der Waals surface area contributed by atoms with Gasteiger partial charge in [-0.15, -0.1) is 0 Å². The fourth-order valence-corrected chi connectivity index (χ4v) is 2.59. The molecule has 0 spiro atoms. The van der Waals surface area contributed by atoms with Gasteiger partial charge in [0.05, 0.1) is 6.10 Å². The van der Waals surface area contributed by atoms with Gasteiger partial charge in [0.25, 0.3) is 0 Å². The molecule has 2 rings (SSSR count). The van der Waals surface area contributed by atoms with E-state index >= 15 is 0 Å². The lowest BCUT2D eigenvalue weighted by atomic mass is 10.2. The molecule has 120 valence electrons. The Bertz CT molecular complexity index is 524. The van der Waals surface area contributed by atoms with Crippen LogP contribution in [0.1, 0.15) is 31.7 Å². The zero-order valence-electron chi connectivity index (χ0n) is 13.3. The van der Waals surface area contributed by atoms with E-state index in [4.69, 9.17) is 4.74 Å². The third-order valence-electron chi connectivity index (χ3n) is 3.80. The van der Waals surface area contributed by atoms with Crippen molar-refractivity contribution in [3.63, 3.8) is 0 Å². The average Bonchev–Trinajstić information content (AvgIpc) is 2.96. The molecule has 0 aromatic heterocycles. The predicted molar refractivity (Wildman–Crippen MR) is 85.7 cm³/mol. The Hall–Kier alpha value is -1.88. The summed E-state index contributed by atoms with van der Waals surface area (Å²) in [7, 11) is 0. The van der Waals surface area contributed by atoms with Crippen molar-refractivity contribution in [2.24, 2.45) is 0 Å². The number of hydrogen-bond acceptors (Lipinski definition) is 3. The molecular weight excluding hydrogens is 280 g/mol. The van der Waals surface area contributed by atoms with E-state index in [0.717, 1.165) is 30.7 Å². The Morgan fingerprint density at radius 1 is 1.41 bits per heavy atom. The van der Waals surface area contributed by atoms with Crippen LogP contribution in [0, 0.1) is 6.92 Å². The van der Waals surface area contributed by atoms with Crippen LogP contribution in [0.15, 0.2) is 24.3 Å². The van der Waals surface area contributed by atoms with Crippen molar-refractivity contribution in [2.75, 3.05) is 25.0 Å². The van der Waals surface area contributed by atoms with Crippen LogP contribution < -0.4 is 5.32 Å². The summed E-state index contributed by atoms with van der Waals surface area (Å²) >= 11 is 0. The molecule has 1 aliphatic heterocycles. The fraction of sp³-hybridized carbons (Fsp3) is 0.529. The second kappa shape index (κ2) is 7.94. The molecule has 5 heteroatoms. The third-order valence-corrected chi connectivity index (χ3v) is 3.80. The van der Waals surface area contributed by atoms with Crippen LogP contribution in [-0.4, -0.2) is 42.5 Å². The van der Waals surface area contributed by atoms with Gasteiger partial charge in [0.15, 0.2) is 0 Å². The van der Waals surface area contributed by atoms with E-state index in [1.807, 2.05) is 31.2 Å². The summed E-state index contributed by atoms with van der Waals surface area (Å²) in [5.41, 5.74) is 1.89. The molecule has 0 radical (unpaired) electrons. The van der Waals surface area contributed by atoms with Crippen molar-refractivity contribution in [2.45, 2.75) is 39.2 Å². The lowest BCUT2D eigenvalue weighted by Crippen LogP contribution is -2.37. The van der Waals surface area contributed by atoms with Crippen LogP contribution in [0.3, 0.4) is 0 Å². The summed E-state index contributed by atoms with van der Waals surface area (Å²) in [4.78, 5) is 25.4. The normalized spacial score (nSPS) is 17.3. The monoisotopic (exact) mass is 304 g/mol. The highest BCUT2D eigenvalue weighted by Crippen LogP contribution is 2.14. The van der Waals surface area contributed by atoms with E-state index < -0.39 is 0 Å². The maximum Gasteiger partial charge on any atom is 0.226 e. The molecule has 22 heavy (non-hydrogen) atoms. The SMILES string of the molecule is CC(=O)N(CCC(=O)Nc1cccc(C)c1)CC1CCCO1. The standard InChI is InChI=1S/C17H24N2O3/c1-13-5-3-6-15(11-13)18-17(21)8-9-19(14(2)20)12-16-7-4-10-22-16/h3,5-6,11,16H,4,7-10,12H2,1-2H3,(H,18,21). The van der Waals surface area contributed by atoms with Crippen molar-refractivity contribution in [3.8, 4) is 0 Å². The molecule has 0 saturated carbocycles. The number of nitrogens with zero attached hydrogens (tertiary/aromatic N) is 1. The van der Waals surface area contributed by atoms with Gasteiger partial charge in [-0.2, -0.15) is 0 Å². The number of ether oxygens (including phenoxy) is 1. The zero-order chi connectivity index (χ0) is 15.9. The van der Waals surface area contributed by atoms with E-state index in [2.05, 4.69) is 5.32 Å². The molecule has 0 bridgehead atoms. The van der Waals surface area contributed by atoms with Gasteiger partial charge in [0.1, 0.15) is 0 Å². The Morgan fingerprint density at radius 3 is 2.86 bits per heavy atom. The number of benzene rings is 1. The first-order chi connectivity index (χ1) is 10.5. The highest BCUT2D eigenvalue weighted by molar-refractivity contribution is 5.91. The van der Waals surface area contributed by atoms with E-state index in [0.29, 0.717) is 19.5 Å². The van der Waals surface area contributed by atoms with Crippen molar-refractivity contribution in [1.29, 1.82) is 0 Å². The van der Waals surface area contributed by atoms with Crippen LogP contribution in [0.25, 0.3) is 0 Å². The molecule has 1 heterocycles. The van der Waals surface area contributed by atoms with Crippen LogP contribution in [0.2, 0.25) is 0 Å². The van der Waals surface area contributed by atoms with Gasteiger partial charge in [-0.1, -0.05) is 12.1 Å². The van der Waals surface area contributed by atoms with Gasteiger partial charge in [0, 0.05) is 38.7 Å². The number of nitrogens with one attached hydrogen (secondary N) is 1. The lowest BCUT2D eigenvalue weighted by molar-refractivity contribution is -0.130. The van der Waals surface area contributed by atoms with Crippen molar-refractivity contribution >= 4 is 17.5 Å². The van der Waals surface area contributed by atoms with Gasteiger partial charge >= 0.3 is 0 Å². The molecule has 1 saturated heterocycles. The number of carbonyl (C=O) groups excluding carboxylic acids is 2. The molecule has 1 aromatic rings. The van der Waals surface area contributed by atoms with Crippen LogP contribution in [-0.2, 0) is 14.3 Å². The quantitative estimate of drug-likeness (QED) is 0.877. The molecular formula is C17H24N2O3. The minimum absolute atomic E-state index is 0.0149. The molecule has 1 N–H and O–H groups in total. The highest BCUT2D eigenvalue weighted by atomic mass is 16.5. The Balaban J connectivity index is 1.80. The van der Waals surface area contributed by atoms with Gasteiger partial charge in [-0.25, -0.2) is 0 Å². The molecule has 1 atom stereocenters. The highest BCUT2D eigenvalue weighted by Gasteiger charge is 2.21. The Morgan fingerprint density at radius 2 is 2.23 bits per heavy atom. The van der Waals surface area contributed by atoms with Crippen molar-refractivity contribution in [3.05, 3.63) is 29.8 Å². The van der Waals surface area contributed by atoms with E-state index in [1.54, 1.807) is 4.90 Å². The van der Waals surface area contributed by atoms with Crippen molar-refractivity contribution < 1.29 is 14.3 Å². The number of amides is 2. The first kappa shape index (κ1) is 16.5. The number of hydrogen-bond donors (Lipinski definition) is 1. The second-order valence-corrected chi connectivity index (χ2v) is 5.77. The second-order valence-electron chi connectivity index (χ2n) is 5.77.